The van der Waals surface area contributed by atoms with Crippen LogP contribution < -0.4 is 4.74 Å². The molecular formula is C16H23BrO2. The number of ketones is 1. The maximum atomic E-state index is 11.3. The van der Waals surface area contributed by atoms with Crippen molar-refractivity contribution in [3.63, 3.8) is 0 Å². The van der Waals surface area contributed by atoms with Crippen LogP contribution in [-0.4, -0.2) is 12.4 Å². The molecule has 106 valence electrons. The van der Waals surface area contributed by atoms with Gasteiger partial charge in [-0.1, -0.05) is 39.0 Å². The SMILES string of the molecule is CCCCCCCCOc1ccc(C(C)=O)c(Br)c1. The summed E-state index contributed by atoms with van der Waals surface area (Å²) >= 11 is 3.40. The van der Waals surface area contributed by atoms with E-state index in [1.807, 2.05) is 18.2 Å². The van der Waals surface area contributed by atoms with Gasteiger partial charge in [-0.05, 0) is 47.5 Å². The van der Waals surface area contributed by atoms with Crippen molar-refractivity contribution < 1.29 is 9.53 Å². The van der Waals surface area contributed by atoms with E-state index in [0.29, 0.717) is 5.56 Å². The molecule has 0 amide bonds. The highest BCUT2D eigenvalue weighted by Crippen LogP contribution is 2.23. The third kappa shape index (κ3) is 6.24. The molecule has 0 unspecified atom stereocenters. The largest absolute Gasteiger partial charge is 0.494 e. The van der Waals surface area contributed by atoms with Crippen LogP contribution in [0.1, 0.15) is 62.7 Å². The van der Waals surface area contributed by atoms with Crippen LogP contribution in [0.25, 0.3) is 0 Å². The van der Waals surface area contributed by atoms with Gasteiger partial charge in [0.05, 0.1) is 6.61 Å². The molecule has 0 saturated heterocycles. The number of carbonyl (C=O) groups is 1. The summed E-state index contributed by atoms with van der Waals surface area (Å²) < 4.78 is 6.49. The van der Waals surface area contributed by atoms with Crippen molar-refractivity contribution in [1.29, 1.82) is 0 Å². The Morgan fingerprint density at radius 1 is 1.16 bits per heavy atom. The summed E-state index contributed by atoms with van der Waals surface area (Å²) in [4.78, 5) is 11.3. The summed E-state index contributed by atoms with van der Waals surface area (Å²) in [5.74, 6) is 0.889. The lowest BCUT2D eigenvalue weighted by molar-refractivity contribution is 0.101. The fraction of sp³-hybridized carbons (Fsp3) is 0.562. The van der Waals surface area contributed by atoms with Gasteiger partial charge in [-0.3, -0.25) is 4.79 Å². The number of halogens is 1. The van der Waals surface area contributed by atoms with Crippen LogP contribution in [-0.2, 0) is 0 Å². The fourth-order valence-corrected chi connectivity index (χ4v) is 2.58. The van der Waals surface area contributed by atoms with E-state index in [1.165, 1.54) is 32.1 Å². The van der Waals surface area contributed by atoms with Gasteiger partial charge in [0, 0.05) is 10.0 Å². The van der Waals surface area contributed by atoms with Crippen LogP contribution in [0.2, 0.25) is 0 Å². The van der Waals surface area contributed by atoms with E-state index in [9.17, 15) is 4.79 Å². The Bertz CT molecular complexity index is 402. The number of rotatable bonds is 9. The van der Waals surface area contributed by atoms with E-state index in [4.69, 9.17) is 4.74 Å². The van der Waals surface area contributed by atoms with Gasteiger partial charge in [-0.2, -0.15) is 0 Å². The zero-order valence-electron chi connectivity index (χ0n) is 11.9. The third-order valence-corrected chi connectivity index (χ3v) is 3.74. The molecule has 0 heterocycles. The van der Waals surface area contributed by atoms with E-state index in [-0.39, 0.29) is 5.78 Å². The van der Waals surface area contributed by atoms with E-state index >= 15 is 0 Å². The summed E-state index contributed by atoms with van der Waals surface area (Å²) in [6.07, 6.45) is 7.56. The van der Waals surface area contributed by atoms with E-state index in [2.05, 4.69) is 22.9 Å². The second-order valence-electron chi connectivity index (χ2n) is 4.81. The van der Waals surface area contributed by atoms with Gasteiger partial charge in [0.25, 0.3) is 0 Å². The number of benzene rings is 1. The molecule has 0 spiro atoms. The summed E-state index contributed by atoms with van der Waals surface area (Å²) in [7, 11) is 0. The molecule has 0 radical (unpaired) electrons. The molecule has 0 fully saturated rings. The van der Waals surface area contributed by atoms with E-state index < -0.39 is 0 Å². The maximum Gasteiger partial charge on any atom is 0.160 e. The highest BCUT2D eigenvalue weighted by molar-refractivity contribution is 9.10. The van der Waals surface area contributed by atoms with Gasteiger partial charge < -0.3 is 4.74 Å². The van der Waals surface area contributed by atoms with Crippen molar-refractivity contribution in [2.24, 2.45) is 0 Å². The lowest BCUT2D eigenvalue weighted by atomic mass is 10.1. The average molecular weight is 327 g/mol. The maximum absolute atomic E-state index is 11.3. The van der Waals surface area contributed by atoms with Crippen LogP contribution in [0.15, 0.2) is 22.7 Å². The molecule has 0 saturated carbocycles. The second-order valence-corrected chi connectivity index (χ2v) is 5.67. The highest BCUT2D eigenvalue weighted by atomic mass is 79.9. The number of Topliss-reactive ketones (excluding diaryl/α,β-unsaturated/α-hetero) is 1. The van der Waals surface area contributed by atoms with E-state index in [1.54, 1.807) is 6.92 Å². The summed E-state index contributed by atoms with van der Waals surface area (Å²) in [5, 5.41) is 0. The first-order valence-electron chi connectivity index (χ1n) is 7.08. The zero-order chi connectivity index (χ0) is 14.1. The van der Waals surface area contributed by atoms with E-state index in [0.717, 1.165) is 23.2 Å². The molecule has 0 aliphatic rings. The molecule has 2 nitrogen and oxygen atoms in total. The minimum Gasteiger partial charge on any atom is -0.494 e. The molecule has 0 bridgehead atoms. The minimum absolute atomic E-state index is 0.0642. The number of hydrogen-bond donors (Lipinski definition) is 0. The van der Waals surface area contributed by atoms with Crippen molar-refractivity contribution in [2.75, 3.05) is 6.61 Å². The zero-order valence-corrected chi connectivity index (χ0v) is 13.5. The summed E-state index contributed by atoms with van der Waals surface area (Å²) in [6, 6.07) is 5.54. The molecule has 0 atom stereocenters. The Morgan fingerprint density at radius 2 is 1.84 bits per heavy atom. The molecule has 0 aromatic heterocycles. The Hall–Kier alpha value is -0.830. The number of carbonyl (C=O) groups excluding carboxylic acids is 1. The van der Waals surface area contributed by atoms with Crippen LogP contribution in [0.5, 0.6) is 5.75 Å². The predicted molar refractivity (Wildman–Crippen MR) is 83.0 cm³/mol. The number of hydrogen-bond acceptors (Lipinski definition) is 2. The van der Waals surface area contributed by atoms with Crippen molar-refractivity contribution in [2.45, 2.75) is 52.4 Å². The molecule has 1 rings (SSSR count). The Kier molecular flexibility index (Phi) is 7.80. The van der Waals surface area contributed by atoms with Crippen LogP contribution >= 0.6 is 15.9 Å². The fourth-order valence-electron chi connectivity index (χ4n) is 1.94. The minimum atomic E-state index is 0.0642. The van der Waals surface area contributed by atoms with Gasteiger partial charge in [0.2, 0.25) is 0 Å². The van der Waals surface area contributed by atoms with Gasteiger partial charge in [-0.25, -0.2) is 0 Å². The van der Waals surface area contributed by atoms with Crippen LogP contribution in [0.4, 0.5) is 0 Å². The third-order valence-electron chi connectivity index (χ3n) is 3.09. The number of unbranched alkanes of at least 4 members (excludes halogenated alkanes) is 5. The topological polar surface area (TPSA) is 26.3 Å². The standard InChI is InChI=1S/C16H23BrO2/c1-3-4-5-6-7-8-11-19-14-9-10-15(13(2)18)16(17)12-14/h9-10,12H,3-8,11H2,1-2H3. The first-order valence-corrected chi connectivity index (χ1v) is 7.87. The van der Waals surface area contributed by atoms with Crippen molar-refractivity contribution in [3.05, 3.63) is 28.2 Å². The molecule has 1 aromatic rings. The van der Waals surface area contributed by atoms with Crippen molar-refractivity contribution in [1.82, 2.24) is 0 Å². The first kappa shape index (κ1) is 16.2. The molecule has 1 aromatic carbocycles. The summed E-state index contributed by atoms with van der Waals surface area (Å²) in [5.41, 5.74) is 0.701. The normalized spacial score (nSPS) is 10.5. The first-order chi connectivity index (χ1) is 9.15. The molecule has 0 aliphatic heterocycles. The van der Waals surface area contributed by atoms with Gasteiger partial charge >= 0.3 is 0 Å². The van der Waals surface area contributed by atoms with Gasteiger partial charge in [0.1, 0.15) is 5.75 Å². The van der Waals surface area contributed by atoms with Crippen molar-refractivity contribution >= 4 is 21.7 Å². The molecular weight excluding hydrogens is 304 g/mol. The van der Waals surface area contributed by atoms with Crippen molar-refractivity contribution in [3.8, 4) is 5.75 Å². The molecule has 19 heavy (non-hydrogen) atoms. The molecule has 0 aliphatic carbocycles. The average Bonchev–Trinajstić information content (AvgIpc) is 2.37. The highest BCUT2D eigenvalue weighted by Gasteiger charge is 2.06. The van der Waals surface area contributed by atoms with Crippen LogP contribution in [0.3, 0.4) is 0 Å². The lowest BCUT2D eigenvalue weighted by Crippen LogP contribution is -1.99. The quantitative estimate of drug-likeness (QED) is 0.449. The Morgan fingerprint density at radius 3 is 2.47 bits per heavy atom. The monoisotopic (exact) mass is 326 g/mol. The second kappa shape index (κ2) is 9.13. The molecule has 0 N–H and O–H groups in total. The van der Waals surface area contributed by atoms with Gasteiger partial charge in [-0.15, -0.1) is 0 Å². The predicted octanol–water partition coefficient (Wildman–Crippen LogP) is 5.39. The Labute approximate surface area is 124 Å². The Balaban J connectivity index is 2.26. The van der Waals surface area contributed by atoms with Gasteiger partial charge in [0.15, 0.2) is 5.78 Å². The lowest BCUT2D eigenvalue weighted by Gasteiger charge is -2.08. The smallest absolute Gasteiger partial charge is 0.160 e. The summed E-state index contributed by atoms with van der Waals surface area (Å²) in [6.45, 7) is 4.54. The number of ether oxygens (including phenoxy) is 1. The molecule has 3 heteroatoms. The van der Waals surface area contributed by atoms with Crippen LogP contribution in [0, 0.1) is 0 Å².